The van der Waals surface area contributed by atoms with Gasteiger partial charge in [-0.1, -0.05) is 29.4 Å². The molecule has 6 rings (SSSR count). The number of aryl methyl sites for hydroxylation is 1. The standard InChI is InChI=1S/C28H26N6O2/c29-17-28(9-10-28)25-13-21(7-11-31-25)23-15-32-27(30)26(33-23)24-14-22(34-36-24)20-5-3-18(4-6-20)1-2-19-8-12-35-16-19/h3-7,11,13-15,19H,1-2,8-10,12,16H2,(H2,30,32)/t19-/m0/s1. The fourth-order valence-corrected chi connectivity index (χ4v) is 4.67. The zero-order chi connectivity index (χ0) is 24.5. The quantitative estimate of drug-likeness (QED) is 0.395. The molecular weight excluding hydrogens is 452 g/mol. The summed E-state index contributed by atoms with van der Waals surface area (Å²) in [6, 6.07) is 16.4. The van der Waals surface area contributed by atoms with E-state index in [2.05, 4.69) is 45.5 Å². The second kappa shape index (κ2) is 9.17. The Morgan fingerprint density at radius 3 is 2.67 bits per heavy atom. The fraction of sp³-hybridized carbons (Fsp3) is 0.321. The number of hydrogen-bond acceptors (Lipinski definition) is 8. The predicted octanol–water partition coefficient (Wildman–Crippen LogP) is 4.97. The second-order valence-corrected chi connectivity index (χ2v) is 9.65. The molecule has 180 valence electrons. The minimum Gasteiger partial charge on any atom is -0.382 e. The minimum atomic E-state index is -0.472. The van der Waals surface area contributed by atoms with Crippen molar-refractivity contribution >= 4 is 5.82 Å². The number of aromatic nitrogens is 4. The summed E-state index contributed by atoms with van der Waals surface area (Å²) < 4.78 is 11.1. The first-order chi connectivity index (χ1) is 17.6. The molecule has 4 heterocycles. The Kier molecular flexibility index (Phi) is 5.70. The summed E-state index contributed by atoms with van der Waals surface area (Å²) in [7, 11) is 0. The molecule has 2 N–H and O–H groups in total. The second-order valence-electron chi connectivity index (χ2n) is 9.65. The molecule has 1 saturated carbocycles. The molecule has 8 nitrogen and oxygen atoms in total. The topological polar surface area (TPSA) is 124 Å². The van der Waals surface area contributed by atoms with Crippen molar-refractivity contribution in [1.29, 1.82) is 5.26 Å². The van der Waals surface area contributed by atoms with E-state index in [1.54, 1.807) is 12.4 Å². The highest BCUT2D eigenvalue weighted by molar-refractivity contribution is 5.73. The van der Waals surface area contributed by atoms with E-state index in [9.17, 15) is 5.26 Å². The zero-order valence-electron chi connectivity index (χ0n) is 19.9. The van der Waals surface area contributed by atoms with Gasteiger partial charge in [0, 0.05) is 36.6 Å². The molecule has 0 amide bonds. The molecular formula is C28H26N6O2. The van der Waals surface area contributed by atoms with E-state index in [0.29, 0.717) is 28.8 Å². The largest absolute Gasteiger partial charge is 0.382 e. The third kappa shape index (κ3) is 4.34. The number of hydrogen-bond donors (Lipinski definition) is 1. The molecule has 3 aromatic heterocycles. The molecule has 0 radical (unpaired) electrons. The van der Waals surface area contributed by atoms with Crippen molar-refractivity contribution in [3.63, 3.8) is 0 Å². The van der Waals surface area contributed by atoms with Gasteiger partial charge in [-0.15, -0.1) is 0 Å². The molecule has 2 aliphatic rings. The van der Waals surface area contributed by atoms with Crippen LogP contribution in [0.1, 0.15) is 36.9 Å². The van der Waals surface area contributed by atoms with Gasteiger partial charge in [0.15, 0.2) is 17.3 Å². The number of nitrogens with two attached hydrogens (primary N) is 1. The lowest BCUT2D eigenvalue weighted by molar-refractivity contribution is 0.184. The summed E-state index contributed by atoms with van der Waals surface area (Å²) in [6.07, 6.45) is 8.35. The first-order valence-corrected chi connectivity index (χ1v) is 12.3. The molecule has 1 atom stereocenters. The summed E-state index contributed by atoms with van der Waals surface area (Å²) in [6.45, 7) is 1.78. The number of nitrogen functional groups attached to an aromatic ring is 1. The maximum absolute atomic E-state index is 9.53. The Balaban J connectivity index is 1.22. The highest BCUT2D eigenvalue weighted by Crippen LogP contribution is 2.47. The van der Waals surface area contributed by atoms with E-state index >= 15 is 0 Å². The predicted molar refractivity (Wildman–Crippen MR) is 134 cm³/mol. The van der Waals surface area contributed by atoms with Gasteiger partial charge in [0.2, 0.25) is 0 Å². The summed E-state index contributed by atoms with van der Waals surface area (Å²) in [5.74, 6) is 1.38. The summed E-state index contributed by atoms with van der Waals surface area (Å²) >= 11 is 0. The van der Waals surface area contributed by atoms with Crippen molar-refractivity contribution in [1.82, 2.24) is 20.1 Å². The van der Waals surface area contributed by atoms with Crippen molar-refractivity contribution in [2.45, 2.75) is 37.5 Å². The van der Waals surface area contributed by atoms with Gasteiger partial charge in [-0.25, -0.2) is 9.97 Å². The third-order valence-electron chi connectivity index (χ3n) is 7.17. The number of benzene rings is 1. The highest BCUT2D eigenvalue weighted by Gasteiger charge is 2.46. The lowest BCUT2D eigenvalue weighted by Crippen LogP contribution is -2.06. The Morgan fingerprint density at radius 2 is 1.92 bits per heavy atom. The fourth-order valence-electron chi connectivity index (χ4n) is 4.67. The molecule has 36 heavy (non-hydrogen) atoms. The summed E-state index contributed by atoms with van der Waals surface area (Å²) in [4.78, 5) is 13.5. The molecule has 0 bridgehead atoms. The monoisotopic (exact) mass is 478 g/mol. The lowest BCUT2D eigenvalue weighted by atomic mass is 9.98. The third-order valence-corrected chi connectivity index (χ3v) is 7.17. The Labute approximate surface area is 209 Å². The van der Waals surface area contributed by atoms with Gasteiger partial charge in [-0.2, -0.15) is 5.26 Å². The van der Waals surface area contributed by atoms with Crippen molar-refractivity contribution in [2.24, 2.45) is 5.92 Å². The van der Waals surface area contributed by atoms with Crippen LogP contribution in [0.4, 0.5) is 5.82 Å². The van der Waals surface area contributed by atoms with Gasteiger partial charge in [0.25, 0.3) is 0 Å². The molecule has 0 unspecified atom stereocenters. The van der Waals surface area contributed by atoms with Crippen LogP contribution in [0, 0.1) is 17.2 Å². The number of anilines is 1. The van der Waals surface area contributed by atoms with Crippen LogP contribution in [0.5, 0.6) is 0 Å². The van der Waals surface area contributed by atoms with Gasteiger partial charge in [-0.05, 0) is 55.7 Å². The number of ether oxygens (including phenoxy) is 1. The van der Waals surface area contributed by atoms with Crippen LogP contribution < -0.4 is 5.73 Å². The van der Waals surface area contributed by atoms with Crippen LogP contribution in [0.15, 0.2) is 59.4 Å². The number of pyridine rings is 1. The molecule has 1 saturated heterocycles. The molecule has 1 aliphatic carbocycles. The zero-order valence-corrected chi connectivity index (χ0v) is 19.9. The molecule has 1 aliphatic heterocycles. The minimum absolute atomic E-state index is 0.262. The molecule has 8 heteroatoms. The normalized spacial score (nSPS) is 18.1. The summed E-state index contributed by atoms with van der Waals surface area (Å²) in [5, 5.41) is 13.8. The van der Waals surface area contributed by atoms with Crippen LogP contribution >= 0.6 is 0 Å². The Bertz CT molecular complexity index is 1430. The van der Waals surface area contributed by atoms with Crippen molar-refractivity contribution in [3.8, 4) is 40.0 Å². The number of nitrogens with zero attached hydrogens (tertiary/aromatic N) is 5. The molecule has 0 spiro atoms. The first-order valence-electron chi connectivity index (χ1n) is 12.3. The van der Waals surface area contributed by atoms with Gasteiger partial charge in [-0.3, -0.25) is 4.98 Å². The van der Waals surface area contributed by atoms with Crippen molar-refractivity contribution < 1.29 is 9.26 Å². The van der Waals surface area contributed by atoms with E-state index in [0.717, 1.165) is 62.1 Å². The van der Waals surface area contributed by atoms with Crippen LogP contribution in [0.25, 0.3) is 34.0 Å². The Hall–Kier alpha value is -4.09. The van der Waals surface area contributed by atoms with E-state index in [1.165, 1.54) is 5.56 Å². The van der Waals surface area contributed by atoms with Crippen LogP contribution in [0.2, 0.25) is 0 Å². The van der Waals surface area contributed by atoms with Crippen LogP contribution in [-0.4, -0.2) is 33.3 Å². The number of nitriles is 1. The first kappa shape index (κ1) is 22.4. The average molecular weight is 479 g/mol. The van der Waals surface area contributed by atoms with Gasteiger partial charge in [0.1, 0.15) is 5.69 Å². The van der Waals surface area contributed by atoms with Crippen LogP contribution in [-0.2, 0) is 16.6 Å². The summed E-state index contributed by atoms with van der Waals surface area (Å²) in [5.41, 5.74) is 11.3. The molecule has 4 aromatic rings. The highest BCUT2D eigenvalue weighted by atomic mass is 16.5. The van der Waals surface area contributed by atoms with E-state index in [1.807, 2.05) is 18.2 Å². The van der Waals surface area contributed by atoms with E-state index < -0.39 is 5.41 Å². The Morgan fingerprint density at radius 1 is 1.06 bits per heavy atom. The maximum Gasteiger partial charge on any atom is 0.189 e. The van der Waals surface area contributed by atoms with Gasteiger partial charge >= 0.3 is 0 Å². The SMILES string of the molecule is N#CC1(c2cc(-c3cnc(N)c(-c4cc(-c5ccc(CC[C@H]6CCOC6)cc5)no4)n3)ccn2)CC1. The smallest absolute Gasteiger partial charge is 0.189 e. The van der Waals surface area contributed by atoms with Crippen molar-refractivity contribution in [2.75, 3.05) is 18.9 Å². The molecule has 2 fully saturated rings. The maximum atomic E-state index is 9.53. The van der Waals surface area contributed by atoms with Crippen LogP contribution in [0.3, 0.4) is 0 Å². The van der Waals surface area contributed by atoms with E-state index in [4.69, 9.17) is 20.0 Å². The van der Waals surface area contributed by atoms with Crippen molar-refractivity contribution in [3.05, 3.63) is 66.1 Å². The number of rotatable bonds is 7. The lowest BCUT2D eigenvalue weighted by Gasteiger charge is -2.08. The average Bonchev–Trinajstić information content (AvgIpc) is 3.28. The van der Waals surface area contributed by atoms with Gasteiger partial charge in [0.05, 0.1) is 29.1 Å². The molecule has 1 aromatic carbocycles. The van der Waals surface area contributed by atoms with Gasteiger partial charge < -0.3 is 15.0 Å². The van der Waals surface area contributed by atoms with E-state index in [-0.39, 0.29) is 5.82 Å².